The SMILES string of the molecule is CC1CCOC1C(NN)C1CC1c1ccccc1. The third kappa shape index (κ3) is 2.18. The summed E-state index contributed by atoms with van der Waals surface area (Å²) in [5.41, 5.74) is 4.45. The van der Waals surface area contributed by atoms with Crippen molar-refractivity contribution in [1.82, 2.24) is 5.43 Å². The van der Waals surface area contributed by atoms with Crippen molar-refractivity contribution in [2.75, 3.05) is 6.61 Å². The second kappa shape index (κ2) is 5.00. The highest BCUT2D eigenvalue weighted by Crippen LogP contribution is 2.51. The number of nitrogens with one attached hydrogen (secondary N) is 1. The number of rotatable bonds is 4. The maximum Gasteiger partial charge on any atom is 0.0770 e. The van der Waals surface area contributed by atoms with Crippen molar-refractivity contribution < 1.29 is 4.74 Å². The summed E-state index contributed by atoms with van der Waals surface area (Å²) in [6, 6.07) is 11.0. The molecule has 3 N–H and O–H groups in total. The predicted octanol–water partition coefficient (Wildman–Crippen LogP) is 2.05. The van der Waals surface area contributed by atoms with E-state index in [-0.39, 0.29) is 6.10 Å². The zero-order valence-corrected chi connectivity index (χ0v) is 10.9. The molecule has 5 unspecified atom stereocenters. The van der Waals surface area contributed by atoms with Crippen molar-refractivity contribution in [3.05, 3.63) is 35.9 Å². The molecule has 1 aromatic rings. The van der Waals surface area contributed by atoms with Crippen LogP contribution in [0.1, 0.15) is 31.2 Å². The van der Waals surface area contributed by atoms with E-state index >= 15 is 0 Å². The Morgan fingerprint density at radius 3 is 2.72 bits per heavy atom. The van der Waals surface area contributed by atoms with Crippen molar-refractivity contribution in [2.45, 2.75) is 37.8 Å². The van der Waals surface area contributed by atoms with Gasteiger partial charge in [-0.15, -0.1) is 0 Å². The number of hydrogen-bond donors (Lipinski definition) is 2. The normalized spacial score (nSPS) is 36.6. The minimum absolute atomic E-state index is 0.286. The summed E-state index contributed by atoms with van der Waals surface area (Å²) in [7, 11) is 0. The molecular formula is C15H22N2O. The molecule has 1 saturated heterocycles. The lowest BCUT2D eigenvalue weighted by Crippen LogP contribution is -2.47. The second-order valence-electron chi connectivity index (χ2n) is 5.71. The molecule has 2 fully saturated rings. The molecule has 1 saturated carbocycles. The predicted molar refractivity (Wildman–Crippen MR) is 71.9 cm³/mol. The van der Waals surface area contributed by atoms with Crippen LogP contribution in [0, 0.1) is 11.8 Å². The molecule has 0 bridgehead atoms. The van der Waals surface area contributed by atoms with Crippen LogP contribution in [0.4, 0.5) is 0 Å². The van der Waals surface area contributed by atoms with E-state index < -0.39 is 0 Å². The first-order valence-corrected chi connectivity index (χ1v) is 6.94. The first-order valence-electron chi connectivity index (χ1n) is 6.94. The highest BCUT2D eigenvalue weighted by atomic mass is 16.5. The van der Waals surface area contributed by atoms with Crippen molar-refractivity contribution >= 4 is 0 Å². The van der Waals surface area contributed by atoms with Gasteiger partial charge in [0.05, 0.1) is 12.1 Å². The molecule has 1 heterocycles. The van der Waals surface area contributed by atoms with Crippen molar-refractivity contribution in [3.63, 3.8) is 0 Å². The topological polar surface area (TPSA) is 47.3 Å². The van der Waals surface area contributed by atoms with Crippen LogP contribution in [0.5, 0.6) is 0 Å². The van der Waals surface area contributed by atoms with Gasteiger partial charge in [-0.1, -0.05) is 37.3 Å². The van der Waals surface area contributed by atoms with Crippen LogP contribution >= 0.6 is 0 Å². The number of benzene rings is 1. The number of hydrogen-bond acceptors (Lipinski definition) is 3. The summed E-state index contributed by atoms with van der Waals surface area (Å²) in [6.07, 6.45) is 2.67. The van der Waals surface area contributed by atoms with Gasteiger partial charge >= 0.3 is 0 Å². The molecule has 0 amide bonds. The van der Waals surface area contributed by atoms with E-state index in [4.69, 9.17) is 10.6 Å². The van der Waals surface area contributed by atoms with Crippen LogP contribution in [0.3, 0.4) is 0 Å². The first kappa shape index (κ1) is 12.2. The molecule has 18 heavy (non-hydrogen) atoms. The maximum atomic E-state index is 5.86. The zero-order valence-electron chi connectivity index (χ0n) is 10.9. The largest absolute Gasteiger partial charge is 0.376 e. The highest BCUT2D eigenvalue weighted by molar-refractivity contribution is 5.27. The zero-order chi connectivity index (χ0) is 12.5. The Morgan fingerprint density at radius 2 is 2.11 bits per heavy atom. The van der Waals surface area contributed by atoms with E-state index in [1.54, 1.807) is 0 Å². The molecule has 0 radical (unpaired) electrons. The average Bonchev–Trinajstić information content (AvgIpc) is 3.08. The Bertz CT molecular complexity index is 395. The highest BCUT2D eigenvalue weighted by Gasteiger charge is 2.48. The van der Waals surface area contributed by atoms with Gasteiger partial charge in [-0.3, -0.25) is 11.3 Å². The molecule has 1 aliphatic heterocycles. The third-order valence-electron chi connectivity index (χ3n) is 4.52. The molecule has 3 nitrogen and oxygen atoms in total. The van der Waals surface area contributed by atoms with E-state index in [9.17, 15) is 0 Å². The fourth-order valence-electron chi connectivity index (χ4n) is 3.33. The van der Waals surface area contributed by atoms with Gasteiger partial charge in [0.15, 0.2) is 0 Å². The summed E-state index contributed by atoms with van der Waals surface area (Å²) >= 11 is 0. The Labute approximate surface area is 109 Å². The van der Waals surface area contributed by atoms with Gasteiger partial charge in [0.2, 0.25) is 0 Å². The molecule has 5 atom stereocenters. The monoisotopic (exact) mass is 246 g/mol. The van der Waals surface area contributed by atoms with Crippen molar-refractivity contribution in [2.24, 2.45) is 17.7 Å². The molecular weight excluding hydrogens is 224 g/mol. The van der Waals surface area contributed by atoms with Gasteiger partial charge in [-0.25, -0.2) is 0 Å². The smallest absolute Gasteiger partial charge is 0.0770 e. The number of nitrogens with two attached hydrogens (primary N) is 1. The maximum absolute atomic E-state index is 5.86. The lowest BCUT2D eigenvalue weighted by atomic mass is 9.93. The number of hydrazine groups is 1. The van der Waals surface area contributed by atoms with E-state index in [0.717, 1.165) is 13.0 Å². The molecule has 2 aliphatic rings. The first-order chi connectivity index (χ1) is 8.81. The molecule has 1 aliphatic carbocycles. The van der Waals surface area contributed by atoms with Crippen LogP contribution in [-0.4, -0.2) is 18.8 Å². The molecule has 0 aromatic heterocycles. The minimum Gasteiger partial charge on any atom is -0.376 e. The Hall–Kier alpha value is -0.900. The standard InChI is InChI=1S/C15H22N2O/c1-10-7-8-18-15(10)14(17-16)13-9-12(13)11-5-3-2-4-6-11/h2-6,10,12-15,17H,7-9,16H2,1H3. The summed E-state index contributed by atoms with van der Waals surface area (Å²) < 4.78 is 5.86. The minimum atomic E-state index is 0.286. The summed E-state index contributed by atoms with van der Waals surface area (Å²) in [4.78, 5) is 0. The van der Waals surface area contributed by atoms with Crippen LogP contribution in [0.25, 0.3) is 0 Å². The van der Waals surface area contributed by atoms with Crippen LogP contribution in [0.2, 0.25) is 0 Å². The van der Waals surface area contributed by atoms with Crippen LogP contribution in [0.15, 0.2) is 30.3 Å². The van der Waals surface area contributed by atoms with E-state index in [1.165, 1.54) is 12.0 Å². The summed E-state index contributed by atoms with van der Waals surface area (Å²) in [5, 5.41) is 0. The van der Waals surface area contributed by atoms with Gasteiger partial charge in [-0.2, -0.15) is 0 Å². The lowest BCUT2D eigenvalue weighted by Gasteiger charge is -2.25. The van der Waals surface area contributed by atoms with Gasteiger partial charge in [0, 0.05) is 6.61 Å². The van der Waals surface area contributed by atoms with Crippen molar-refractivity contribution in [1.29, 1.82) is 0 Å². The van der Waals surface area contributed by atoms with Crippen molar-refractivity contribution in [3.8, 4) is 0 Å². The Morgan fingerprint density at radius 1 is 1.33 bits per heavy atom. The van der Waals surface area contributed by atoms with Gasteiger partial charge in [0.1, 0.15) is 0 Å². The van der Waals surface area contributed by atoms with Crippen LogP contribution in [-0.2, 0) is 4.74 Å². The van der Waals surface area contributed by atoms with Gasteiger partial charge in [-0.05, 0) is 36.2 Å². The Kier molecular flexibility index (Phi) is 3.37. The molecule has 98 valence electrons. The summed E-state index contributed by atoms with van der Waals surface area (Å²) in [6.45, 7) is 3.15. The quantitative estimate of drug-likeness (QED) is 0.631. The van der Waals surface area contributed by atoms with E-state index in [0.29, 0.717) is 23.8 Å². The van der Waals surface area contributed by atoms with Gasteiger partial charge in [0.25, 0.3) is 0 Å². The fourth-order valence-corrected chi connectivity index (χ4v) is 3.33. The molecule has 3 heteroatoms. The fraction of sp³-hybridized carbons (Fsp3) is 0.600. The number of ether oxygens (including phenoxy) is 1. The molecule has 0 spiro atoms. The summed E-state index contributed by atoms with van der Waals surface area (Å²) in [5.74, 6) is 7.66. The average molecular weight is 246 g/mol. The van der Waals surface area contributed by atoms with Gasteiger partial charge < -0.3 is 4.74 Å². The molecule has 3 rings (SSSR count). The van der Waals surface area contributed by atoms with E-state index in [2.05, 4.69) is 42.7 Å². The molecule has 1 aromatic carbocycles. The second-order valence-corrected chi connectivity index (χ2v) is 5.71. The lowest BCUT2D eigenvalue weighted by molar-refractivity contribution is 0.0533. The Balaban J connectivity index is 1.68. The van der Waals surface area contributed by atoms with Crippen LogP contribution < -0.4 is 11.3 Å². The van der Waals surface area contributed by atoms with E-state index in [1.807, 2.05) is 0 Å². The third-order valence-corrected chi connectivity index (χ3v) is 4.52.